The highest BCUT2D eigenvalue weighted by Crippen LogP contribution is 2.31. The molecule has 0 radical (unpaired) electrons. The Hall–Kier alpha value is 0.230. The molecule has 0 aliphatic carbocycles. The Bertz CT molecular complexity index is 144. The molecule has 0 aromatic rings. The van der Waals surface area contributed by atoms with Gasteiger partial charge in [-0.25, -0.2) is 0 Å². The number of rotatable bonds is 10. The lowest BCUT2D eigenvalue weighted by Crippen LogP contribution is -2.44. The van der Waals surface area contributed by atoms with E-state index in [9.17, 15) is 0 Å². The zero-order valence-electron chi connectivity index (χ0n) is 11.0. The van der Waals surface area contributed by atoms with Crippen molar-refractivity contribution < 1.29 is 14.2 Å². The van der Waals surface area contributed by atoms with Crippen molar-refractivity contribution in [1.29, 1.82) is 0 Å². The number of ether oxygens (including phenoxy) is 3. The molecule has 0 aliphatic rings. The Morgan fingerprint density at radius 3 is 1.88 bits per heavy atom. The monoisotopic (exact) mass is 250 g/mol. The zero-order valence-corrected chi connectivity index (χ0v) is 11.9. The van der Waals surface area contributed by atoms with E-state index in [2.05, 4.69) is 19.6 Å². The first kappa shape index (κ1) is 16.2. The van der Waals surface area contributed by atoms with E-state index in [1.807, 2.05) is 0 Å². The standard InChI is InChI=1S/C12H26O3S/c1-5-6-8-11(9-7-10-16)12(13-2,14-3)15-4/h11,16H,5-10H2,1-4H3. The van der Waals surface area contributed by atoms with E-state index in [1.165, 1.54) is 6.42 Å². The van der Waals surface area contributed by atoms with Crippen LogP contribution in [0.25, 0.3) is 0 Å². The summed E-state index contributed by atoms with van der Waals surface area (Å²) < 4.78 is 16.3. The van der Waals surface area contributed by atoms with Crippen molar-refractivity contribution in [3.8, 4) is 0 Å². The Balaban J connectivity index is 4.52. The highest BCUT2D eigenvalue weighted by Gasteiger charge is 2.38. The van der Waals surface area contributed by atoms with Gasteiger partial charge in [-0.1, -0.05) is 19.8 Å². The largest absolute Gasteiger partial charge is 0.331 e. The van der Waals surface area contributed by atoms with Crippen LogP contribution in [-0.4, -0.2) is 33.1 Å². The van der Waals surface area contributed by atoms with Crippen LogP contribution in [0.3, 0.4) is 0 Å². The van der Waals surface area contributed by atoms with Gasteiger partial charge >= 0.3 is 0 Å². The molecule has 0 saturated heterocycles. The van der Waals surface area contributed by atoms with E-state index in [-0.39, 0.29) is 5.92 Å². The minimum atomic E-state index is -0.891. The minimum absolute atomic E-state index is 0.264. The van der Waals surface area contributed by atoms with Crippen LogP contribution in [0.4, 0.5) is 0 Å². The predicted molar refractivity (Wildman–Crippen MR) is 69.9 cm³/mol. The van der Waals surface area contributed by atoms with Crippen LogP contribution < -0.4 is 0 Å². The lowest BCUT2D eigenvalue weighted by molar-refractivity contribution is -0.380. The SMILES string of the molecule is CCCCC(CCCS)C(OC)(OC)OC. The Morgan fingerprint density at radius 2 is 1.50 bits per heavy atom. The summed E-state index contributed by atoms with van der Waals surface area (Å²) in [7, 11) is 4.89. The predicted octanol–water partition coefficient (Wildman–Crippen LogP) is 3.10. The van der Waals surface area contributed by atoms with Crippen LogP contribution in [0.2, 0.25) is 0 Å². The van der Waals surface area contributed by atoms with E-state index in [4.69, 9.17) is 14.2 Å². The molecule has 0 aromatic heterocycles. The maximum Gasteiger partial charge on any atom is 0.285 e. The van der Waals surface area contributed by atoms with Gasteiger partial charge in [0.25, 0.3) is 5.97 Å². The van der Waals surface area contributed by atoms with E-state index >= 15 is 0 Å². The quantitative estimate of drug-likeness (QED) is 0.477. The van der Waals surface area contributed by atoms with Gasteiger partial charge in [-0.15, -0.1) is 0 Å². The van der Waals surface area contributed by atoms with Crippen LogP contribution in [-0.2, 0) is 14.2 Å². The Labute approximate surface area is 105 Å². The number of hydrogen-bond acceptors (Lipinski definition) is 4. The van der Waals surface area contributed by atoms with Crippen molar-refractivity contribution >= 4 is 12.6 Å². The van der Waals surface area contributed by atoms with Crippen molar-refractivity contribution in [2.24, 2.45) is 5.92 Å². The van der Waals surface area contributed by atoms with E-state index < -0.39 is 5.97 Å². The molecule has 0 N–H and O–H groups in total. The summed E-state index contributed by atoms with van der Waals surface area (Å²) in [6.45, 7) is 2.18. The van der Waals surface area contributed by atoms with Gasteiger partial charge in [0.1, 0.15) is 0 Å². The normalized spacial score (nSPS) is 14.1. The second kappa shape index (κ2) is 9.28. The molecule has 0 spiro atoms. The third-order valence-corrected chi connectivity index (χ3v) is 3.29. The Morgan fingerprint density at radius 1 is 1.00 bits per heavy atom. The molecular weight excluding hydrogens is 224 g/mol. The first-order valence-corrected chi connectivity index (χ1v) is 6.60. The number of hydrogen-bond donors (Lipinski definition) is 1. The van der Waals surface area contributed by atoms with Gasteiger partial charge < -0.3 is 14.2 Å². The molecule has 0 amide bonds. The van der Waals surface area contributed by atoms with Crippen LogP contribution in [0.1, 0.15) is 39.0 Å². The van der Waals surface area contributed by atoms with Gasteiger partial charge in [-0.2, -0.15) is 12.6 Å². The molecule has 0 saturated carbocycles. The lowest BCUT2D eigenvalue weighted by atomic mass is 9.94. The van der Waals surface area contributed by atoms with Crippen LogP contribution >= 0.6 is 12.6 Å². The molecule has 98 valence electrons. The number of unbranched alkanes of at least 4 members (excludes halogenated alkanes) is 1. The first-order chi connectivity index (χ1) is 7.70. The van der Waals surface area contributed by atoms with Crippen molar-refractivity contribution in [2.45, 2.75) is 45.0 Å². The first-order valence-electron chi connectivity index (χ1n) is 5.97. The highest BCUT2D eigenvalue weighted by molar-refractivity contribution is 7.80. The number of thiol groups is 1. The fraction of sp³-hybridized carbons (Fsp3) is 1.00. The molecule has 1 atom stereocenters. The average molecular weight is 250 g/mol. The highest BCUT2D eigenvalue weighted by atomic mass is 32.1. The van der Waals surface area contributed by atoms with Crippen molar-refractivity contribution in [2.75, 3.05) is 27.1 Å². The van der Waals surface area contributed by atoms with Crippen LogP contribution in [0.15, 0.2) is 0 Å². The van der Waals surface area contributed by atoms with Gasteiger partial charge in [0, 0.05) is 27.2 Å². The molecule has 0 heterocycles. The van der Waals surface area contributed by atoms with E-state index in [0.717, 1.165) is 31.4 Å². The third kappa shape index (κ3) is 4.62. The molecule has 1 unspecified atom stereocenters. The smallest absolute Gasteiger partial charge is 0.285 e. The Kier molecular flexibility index (Phi) is 9.41. The molecule has 4 heteroatoms. The second-order valence-corrected chi connectivity index (χ2v) is 4.37. The third-order valence-electron chi connectivity index (χ3n) is 2.97. The minimum Gasteiger partial charge on any atom is -0.331 e. The average Bonchev–Trinajstić information content (AvgIpc) is 2.34. The van der Waals surface area contributed by atoms with Gasteiger partial charge in [0.2, 0.25) is 0 Å². The molecule has 0 aliphatic heterocycles. The summed E-state index contributed by atoms with van der Waals surface area (Å²) in [5.74, 6) is 0.258. The molecule has 0 aromatic carbocycles. The van der Waals surface area contributed by atoms with Gasteiger partial charge in [0.15, 0.2) is 0 Å². The van der Waals surface area contributed by atoms with Gasteiger partial charge in [-0.3, -0.25) is 0 Å². The summed E-state index contributed by atoms with van der Waals surface area (Å²) in [5.41, 5.74) is 0. The van der Waals surface area contributed by atoms with E-state index in [0.29, 0.717) is 0 Å². The summed E-state index contributed by atoms with van der Waals surface area (Å²) >= 11 is 4.25. The molecular formula is C12H26O3S. The topological polar surface area (TPSA) is 27.7 Å². The lowest BCUT2D eigenvalue weighted by Gasteiger charge is -2.36. The summed E-state index contributed by atoms with van der Waals surface area (Å²) in [5, 5.41) is 0. The van der Waals surface area contributed by atoms with Crippen molar-refractivity contribution in [3.63, 3.8) is 0 Å². The van der Waals surface area contributed by atoms with Crippen molar-refractivity contribution in [3.05, 3.63) is 0 Å². The molecule has 0 bridgehead atoms. The molecule has 0 fully saturated rings. The summed E-state index contributed by atoms with van der Waals surface area (Å²) in [4.78, 5) is 0. The van der Waals surface area contributed by atoms with Crippen molar-refractivity contribution in [1.82, 2.24) is 0 Å². The van der Waals surface area contributed by atoms with Gasteiger partial charge in [0.05, 0.1) is 0 Å². The summed E-state index contributed by atoms with van der Waals surface area (Å²) in [6.07, 6.45) is 5.45. The summed E-state index contributed by atoms with van der Waals surface area (Å²) in [6, 6.07) is 0. The fourth-order valence-corrected chi connectivity index (χ4v) is 2.22. The fourth-order valence-electron chi connectivity index (χ4n) is 2.04. The van der Waals surface area contributed by atoms with Crippen LogP contribution in [0.5, 0.6) is 0 Å². The van der Waals surface area contributed by atoms with Gasteiger partial charge in [-0.05, 0) is 25.0 Å². The maximum absolute atomic E-state index is 5.42. The van der Waals surface area contributed by atoms with Crippen LogP contribution in [0, 0.1) is 5.92 Å². The molecule has 16 heavy (non-hydrogen) atoms. The molecule has 3 nitrogen and oxygen atoms in total. The number of methoxy groups -OCH3 is 3. The molecule has 0 rings (SSSR count). The van der Waals surface area contributed by atoms with E-state index in [1.54, 1.807) is 21.3 Å². The maximum atomic E-state index is 5.42. The zero-order chi connectivity index (χ0) is 12.4. The second-order valence-electron chi connectivity index (χ2n) is 3.92.